The van der Waals surface area contributed by atoms with Gasteiger partial charge in [0.2, 0.25) is 0 Å². The van der Waals surface area contributed by atoms with Crippen LogP contribution in [0.3, 0.4) is 0 Å². The summed E-state index contributed by atoms with van der Waals surface area (Å²) in [5.74, 6) is 0. The van der Waals surface area contributed by atoms with E-state index in [-0.39, 0.29) is 0 Å². The van der Waals surface area contributed by atoms with Gasteiger partial charge in [0, 0.05) is 23.2 Å². The molecule has 31 heavy (non-hydrogen) atoms. The molecule has 0 aliphatic heterocycles. The Morgan fingerprint density at radius 1 is 0.645 bits per heavy atom. The molecule has 0 unspecified atom stereocenters. The van der Waals surface area contributed by atoms with Crippen molar-refractivity contribution in [1.82, 2.24) is 9.38 Å². The van der Waals surface area contributed by atoms with Crippen molar-refractivity contribution < 1.29 is 0 Å². The zero-order chi connectivity index (χ0) is 20.1. The number of para-hydroxylation sites is 1. The van der Waals surface area contributed by atoms with Gasteiger partial charge in [0.15, 0.2) is 0 Å². The summed E-state index contributed by atoms with van der Waals surface area (Å²) in [5.41, 5.74) is 13.6. The average molecular weight is 394 g/mol. The third kappa shape index (κ3) is 1.91. The molecule has 6 aromatic rings. The van der Waals surface area contributed by atoms with Gasteiger partial charge in [0.25, 0.3) is 0 Å². The van der Waals surface area contributed by atoms with Crippen LogP contribution in [-0.4, -0.2) is 9.38 Å². The summed E-state index contributed by atoms with van der Waals surface area (Å²) in [5, 5.41) is 3.90. The van der Waals surface area contributed by atoms with Gasteiger partial charge in [0.05, 0.1) is 5.52 Å². The maximum atomic E-state index is 4.79. The van der Waals surface area contributed by atoms with Crippen molar-refractivity contribution in [2.24, 2.45) is 0 Å². The number of fused-ring (bicyclic) bond motifs is 13. The Hall–Kier alpha value is -3.91. The second-order valence-electron chi connectivity index (χ2n) is 8.83. The number of hydrogen-bond donors (Lipinski definition) is 0. The highest BCUT2D eigenvalue weighted by atomic mass is 15.0. The molecule has 0 spiro atoms. The second kappa shape index (κ2) is 5.41. The van der Waals surface area contributed by atoms with Crippen molar-refractivity contribution in [2.75, 3.05) is 0 Å². The molecular formula is C29H18N2. The van der Waals surface area contributed by atoms with E-state index in [4.69, 9.17) is 4.98 Å². The van der Waals surface area contributed by atoms with Gasteiger partial charge < -0.3 is 0 Å². The molecule has 2 aliphatic rings. The summed E-state index contributed by atoms with van der Waals surface area (Å²) >= 11 is 0. The van der Waals surface area contributed by atoms with Crippen molar-refractivity contribution in [3.63, 3.8) is 0 Å². The minimum Gasteiger partial charge on any atom is -0.299 e. The Kier molecular flexibility index (Phi) is 2.77. The van der Waals surface area contributed by atoms with E-state index in [9.17, 15) is 0 Å². The molecule has 0 saturated heterocycles. The van der Waals surface area contributed by atoms with Crippen molar-refractivity contribution in [3.8, 4) is 22.3 Å². The van der Waals surface area contributed by atoms with E-state index in [1.165, 1.54) is 66.2 Å². The maximum absolute atomic E-state index is 4.79. The van der Waals surface area contributed by atoms with Crippen LogP contribution in [0.1, 0.15) is 22.3 Å². The Labute approximate surface area is 179 Å². The highest BCUT2D eigenvalue weighted by Gasteiger charge is 2.27. The Bertz CT molecular complexity index is 1740. The molecule has 2 heteroatoms. The van der Waals surface area contributed by atoms with Crippen LogP contribution in [0.5, 0.6) is 0 Å². The molecule has 0 N–H and O–H groups in total. The van der Waals surface area contributed by atoms with E-state index in [1.807, 2.05) is 6.20 Å². The lowest BCUT2D eigenvalue weighted by molar-refractivity contribution is 1.21. The summed E-state index contributed by atoms with van der Waals surface area (Å²) in [6.07, 6.45) is 6.04. The summed E-state index contributed by atoms with van der Waals surface area (Å²) in [7, 11) is 0. The molecule has 0 fully saturated rings. The molecule has 4 aromatic carbocycles. The number of hydrogen-bond acceptors (Lipinski definition) is 1. The minimum absolute atomic E-state index is 0.979. The maximum Gasteiger partial charge on any atom is 0.145 e. The topological polar surface area (TPSA) is 17.3 Å². The molecule has 0 radical (unpaired) electrons. The molecule has 8 rings (SSSR count). The van der Waals surface area contributed by atoms with Crippen molar-refractivity contribution in [1.29, 1.82) is 0 Å². The Balaban J connectivity index is 1.46. The Morgan fingerprint density at radius 3 is 2.48 bits per heavy atom. The van der Waals surface area contributed by atoms with Crippen LogP contribution in [0.4, 0.5) is 0 Å². The first-order chi connectivity index (χ1) is 15.4. The SMILES string of the molecule is c1ccc2c(c1)Cc1cc3c(cc1-2)-c1ccc2c4ccccc4n4ccnc4c2c1C3. The third-order valence-electron chi connectivity index (χ3n) is 7.31. The van der Waals surface area contributed by atoms with Crippen LogP contribution in [-0.2, 0) is 12.8 Å². The van der Waals surface area contributed by atoms with Gasteiger partial charge >= 0.3 is 0 Å². The van der Waals surface area contributed by atoms with Gasteiger partial charge in [-0.3, -0.25) is 4.40 Å². The van der Waals surface area contributed by atoms with E-state index in [1.54, 1.807) is 0 Å². The van der Waals surface area contributed by atoms with E-state index in [0.717, 1.165) is 18.5 Å². The summed E-state index contributed by atoms with van der Waals surface area (Å²) in [6.45, 7) is 0. The molecule has 2 aliphatic carbocycles. The van der Waals surface area contributed by atoms with E-state index in [2.05, 4.69) is 83.4 Å². The zero-order valence-corrected chi connectivity index (χ0v) is 16.9. The highest BCUT2D eigenvalue weighted by molar-refractivity contribution is 6.15. The van der Waals surface area contributed by atoms with E-state index in [0.29, 0.717) is 0 Å². The van der Waals surface area contributed by atoms with Crippen LogP contribution in [0.2, 0.25) is 0 Å². The standard InChI is InChI=1S/C29H18N2/c1-2-6-20-17(5-1)13-18-14-19-15-26-21(25(19)16-24(18)20)9-10-23-22-7-3-4-8-27(22)31-12-11-30-29(31)28(23)26/h1-12,14,16H,13,15H2. The molecule has 0 amide bonds. The molecule has 2 aromatic heterocycles. The van der Waals surface area contributed by atoms with Crippen molar-refractivity contribution >= 4 is 27.3 Å². The van der Waals surface area contributed by atoms with Gasteiger partial charge in [-0.05, 0) is 74.9 Å². The molecule has 144 valence electrons. The zero-order valence-electron chi connectivity index (χ0n) is 16.9. The largest absolute Gasteiger partial charge is 0.299 e. The van der Waals surface area contributed by atoms with Crippen LogP contribution in [0, 0.1) is 0 Å². The fourth-order valence-electron chi connectivity index (χ4n) is 5.98. The molecule has 0 bridgehead atoms. The quantitative estimate of drug-likeness (QED) is 0.259. The van der Waals surface area contributed by atoms with E-state index < -0.39 is 0 Å². The lowest BCUT2D eigenvalue weighted by atomic mass is 9.96. The number of nitrogens with zero attached hydrogens (tertiary/aromatic N) is 2. The number of aromatic nitrogens is 2. The third-order valence-corrected chi connectivity index (χ3v) is 7.31. The predicted molar refractivity (Wildman–Crippen MR) is 127 cm³/mol. The molecule has 2 nitrogen and oxygen atoms in total. The van der Waals surface area contributed by atoms with Crippen LogP contribution in [0.15, 0.2) is 85.2 Å². The normalized spacial score (nSPS) is 13.5. The van der Waals surface area contributed by atoms with Crippen molar-refractivity contribution in [3.05, 3.63) is 107 Å². The summed E-state index contributed by atoms with van der Waals surface area (Å²) in [4.78, 5) is 4.79. The van der Waals surface area contributed by atoms with Crippen LogP contribution >= 0.6 is 0 Å². The highest BCUT2D eigenvalue weighted by Crippen LogP contribution is 2.47. The predicted octanol–water partition coefficient (Wildman–Crippen LogP) is 6.78. The van der Waals surface area contributed by atoms with E-state index >= 15 is 0 Å². The molecule has 2 heterocycles. The minimum atomic E-state index is 0.979. The lowest BCUT2D eigenvalue weighted by Crippen LogP contribution is -1.94. The Morgan fingerprint density at radius 2 is 1.48 bits per heavy atom. The van der Waals surface area contributed by atoms with Gasteiger partial charge in [-0.2, -0.15) is 0 Å². The first-order valence-corrected chi connectivity index (χ1v) is 10.9. The fourth-order valence-corrected chi connectivity index (χ4v) is 5.98. The van der Waals surface area contributed by atoms with Gasteiger partial charge in [-0.1, -0.05) is 60.7 Å². The van der Waals surface area contributed by atoms with Gasteiger partial charge in [-0.25, -0.2) is 4.98 Å². The number of pyridine rings is 1. The molecule has 0 atom stereocenters. The van der Waals surface area contributed by atoms with Crippen LogP contribution < -0.4 is 0 Å². The average Bonchev–Trinajstić information content (AvgIpc) is 3.52. The monoisotopic (exact) mass is 394 g/mol. The number of imidazole rings is 1. The molecular weight excluding hydrogens is 376 g/mol. The smallest absolute Gasteiger partial charge is 0.145 e. The fraction of sp³-hybridized carbons (Fsp3) is 0.0690. The van der Waals surface area contributed by atoms with Crippen molar-refractivity contribution in [2.45, 2.75) is 12.8 Å². The van der Waals surface area contributed by atoms with Gasteiger partial charge in [0.1, 0.15) is 5.65 Å². The molecule has 0 saturated carbocycles. The lowest BCUT2D eigenvalue weighted by Gasteiger charge is -2.12. The summed E-state index contributed by atoms with van der Waals surface area (Å²) < 4.78 is 2.25. The first-order valence-electron chi connectivity index (χ1n) is 10.9. The van der Waals surface area contributed by atoms with Crippen LogP contribution in [0.25, 0.3) is 49.6 Å². The first kappa shape index (κ1) is 15.9. The number of benzene rings is 4. The van der Waals surface area contributed by atoms with Gasteiger partial charge in [-0.15, -0.1) is 0 Å². The number of rotatable bonds is 0. The summed E-state index contributed by atoms with van der Waals surface area (Å²) in [6, 6.07) is 27.0. The second-order valence-corrected chi connectivity index (χ2v) is 8.83.